The lowest BCUT2D eigenvalue weighted by Gasteiger charge is -2.07. The van der Waals surface area contributed by atoms with E-state index in [0.29, 0.717) is 11.5 Å². The van der Waals surface area contributed by atoms with E-state index in [4.69, 9.17) is 21.1 Å². The van der Waals surface area contributed by atoms with Crippen LogP contribution in [0.25, 0.3) is 0 Å². The topological polar surface area (TPSA) is 112 Å². The lowest BCUT2D eigenvalue weighted by molar-refractivity contribution is 0.0588. The maximum absolute atomic E-state index is 11.1. The Morgan fingerprint density at radius 1 is 0.815 bits per heavy atom. The van der Waals surface area contributed by atoms with E-state index in [-0.39, 0.29) is 27.6 Å². The van der Waals surface area contributed by atoms with Crippen molar-refractivity contribution in [3.8, 4) is 23.0 Å². The molecule has 2 aromatic rings. The molecule has 0 heterocycles. The number of hydrogen-bond donors (Lipinski definition) is 2. The van der Waals surface area contributed by atoms with Crippen LogP contribution in [0.4, 0.5) is 0 Å². The molecule has 9 heteroatoms. The van der Waals surface area contributed by atoms with Crippen molar-refractivity contribution in [3.05, 3.63) is 46.5 Å². The highest BCUT2D eigenvalue weighted by atomic mass is 35.5. The van der Waals surface area contributed by atoms with Crippen molar-refractivity contribution in [2.45, 2.75) is 0 Å². The molecular weight excluding hydrogens is 380 g/mol. The number of ether oxygens (including phenoxy) is 4. The van der Waals surface area contributed by atoms with Gasteiger partial charge in [-0.3, -0.25) is 0 Å². The van der Waals surface area contributed by atoms with Crippen LogP contribution in [0.5, 0.6) is 23.0 Å². The monoisotopic (exact) mass is 398 g/mol. The molecule has 2 aromatic carbocycles. The first-order valence-electron chi connectivity index (χ1n) is 7.39. The molecule has 8 nitrogen and oxygen atoms in total. The normalized spacial score (nSPS) is 9.52. The van der Waals surface area contributed by atoms with Crippen LogP contribution in [0.1, 0.15) is 20.7 Å². The van der Waals surface area contributed by atoms with Crippen LogP contribution in [-0.4, -0.2) is 50.6 Å². The second-order valence-corrected chi connectivity index (χ2v) is 5.28. The van der Waals surface area contributed by atoms with Crippen LogP contribution in [0, 0.1) is 0 Å². The van der Waals surface area contributed by atoms with E-state index in [0.717, 1.165) is 0 Å². The van der Waals surface area contributed by atoms with Crippen molar-refractivity contribution >= 4 is 23.5 Å². The van der Waals surface area contributed by atoms with Crippen molar-refractivity contribution in [2.24, 2.45) is 0 Å². The van der Waals surface area contributed by atoms with E-state index in [9.17, 15) is 19.8 Å². The number of methoxy groups -OCH3 is 4. The maximum atomic E-state index is 11.1. The molecule has 0 aliphatic heterocycles. The smallest absolute Gasteiger partial charge is 0.341 e. The Morgan fingerprint density at radius 2 is 1.37 bits per heavy atom. The van der Waals surface area contributed by atoms with E-state index >= 15 is 0 Å². The molecule has 0 aliphatic carbocycles. The van der Waals surface area contributed by atoms with Crippen LogP contribution < -0.4 is 9.47 Å². The summed E-state index contributed by atoms with van der Waals surface area (Å²) in [6, 6.07) is 6.92. The number of carbonyl (C=O) groups is 2. The van der Waals surface area contributed by atoms with Gasteiger partial charge in [0.25, 0.3) is 0 Å². The predicted molar refractivity (Wildman–Crippen MR) is 97.0 cm³/mol. The molecule has 27 heavy (non-hydrogen) atoms. The number of esters is 2. The minimum absolute atomic E-state index is 0.0123. The second-order valence-electron chi connectivity index (χ2n) is 4.87. The molecule has 0 amide bonds. The first-order chi connectivity index (χ1) is 12.8. The molecule has 146 valence electrons. The van der Waals surface area contributed by atoms with Gasteiger partial charge >= 0.3 is 11.9 Å². The number of hydrogen-bond acceptors (Lipinski definition) is 8. The van der Waals surface area contributed by atoms with Crippen LogP contribution in [0.2, 0.25) is 5.02 Å². The fourth-order valence-corrected chi connectivity index (χ4v) is 2.13. The van der Waals surface area contributed by atoms with Gasteiger partial charge in [0.05, 0.1) is 33.5 Å². The molecule has 0 fully saturated rings. The average molecular weight is 399 g/mol. The van der Waals surface area contributed by atoms with Crippen molar-refractivity contribution in [3.63, 3.8) is 0 Å². The standard InChI is InChI=1S/C9H9ClO4.C9H10O4/c1-13-8-4-7(11)5(3-6(8)10)9(12)14-2;1-12-6-3-4-7(8(10)5-6)9(11)13-2/h3-4,11H,1-2H3;3-5,10H,1-2H3. The highest BCUT2D eigenvalue weighted by Gasteiger charge is 2.15. The molecule has 2 N–H and O–H groups in total. The fraction of sp³-hybridized carbons (Fsp3) is 0.222. The Morgan fingerprint density at radius 3 is 1.85 bits per heavy atom. The van der Waals surface area contributed by atoms with Crippen molar-refractivity contribution in [2.75, 3.05) is 28.4 Å². The summed E-state index contributed by atoms with van der Waals surface area (Å²) < 4.78 is 18.6. The molecule has 2 rings (SSSR count). The third-order valence-electron chi connectivity index (χ3n) is 3.29. The molecule has 0 saturated carbocycles. The van der Waals surface area contributed by atoms with Crippen molar-refractivity contribution in [1.29, 1.82) is 0 Å². The first-order valence-corrected chi connectivity index (χ1v) is 7.76. The van der Waals surface area contributed by atoms with Gasteiger partial charge < -0.3 is 29.2 Å². The molecule has 0 aromatic heterocycles. The summed E-state index contributed by atoms with van der Waals surface area (Å²) in [6.07, 6.45) is 0. The number of benzene rings is 2. The molecule has 0 spiro atoms. The Bertz CT molecular complexity index is 819. The van der Waals surface area contributed by atoms with Crippen LogP contribution in [-0.2, 0) is 9.47 Å². The summed E-state index contributed by atoms with van der Waals surface area (Å²) in [5.74, 6) is -0.793. The Labute approximate surface area is 160 Å². The Balaban J connectivity index is 0.000000271. The van der Waals surface area contributed by atoms with Gasteiger partial charge in [0.1, 0.15) is 34.1 Å². The zero-order chi connectivity index (χ0) is 20.6. The van der Waals surface area contributed by atoms with Gasteiger partial charge in [-0.25, -0.2) is 9.59 Å². The fourth-order valence-electron chi connectivity index (χ4n) is 1.89. The first kappa shape index (κ1) is 21.9. The van der Waals surface area contributed by atoms with Crippen LogP contribution >= 0.6 is 11.6 Å². The molecule has 0 atom stereocenters. The predicted octanol–water partition coefficient (Wildman–Crippen LogP) is 3.03. The van der Waals surface area contributed by atoms with E-state index in [1.165, 1.54) is 52.7 Å². The third kappa shape index (κ3) is 5.68. The Hall–Kier alpha value is -3.13. The minimum Gasteiger partial charge on any atom is -0.507 e. The van der Waals surface area contributed by atoms with Crippen molar-refractivity contribution in [1.82, 2.24) is 0 Å². The van der Waals surface area contributed by atoms with Crippen LogP contribution in [0.3, 0.4) is 0 Å². The maximum Gasteiger partial charge on any atom is 0.341 e. The van der Waals surface area contributed by atoms with E-state index < -0.39 is 11.9 Å². The van der Waals surface area contributed by atoms with Gasteiger partial charge in [0.2, 0.25) is 0 Å². The third-order valence-corrected chi connectivity index (χ3v) is 3.58. The lowest BCUT2D eigenvalue weighted by Crippen LogP contribution is -2.01. The van der Waals surface area contributed by atoms with E-state index in [1.807, 2.05) is 0 Å². The zero-order valence-electron chi connectivity index (χ0n) is 15.1. The van der Waals surface area contributed by atoms with Gasteiger partial charge in [0.15, 0.2) is 0 Å². The molecule has 0 radical (unpaired) electrons. The molecule has 0 saturated heterocycles. The number of phenolic OH excluding ortho intramolecular Hbond substituents is 2. The molecule has 0 aliphatic rings. The van der Waals surface area contributed by atoms with Crippen LogP contribution in [0.15, 0.2) is 30.3 Å². The summed E-state index contributed by atoms with van der Waals surface area (Å²) in [5.41, 5.74) is 0.140. The van der Waals surface area contributed by atoms with E-state index in [1.54, 1.807) is 6.07 Å². The zero-order valence-corrected chi connectivity index (χ0v) is 15.9. The largest absolute Gasteiger partial charge is 0.507 e. The SMILES string of the molecule is COC(=O)c1cc(Cl)c(OC)cc1O.COC(=O)c1ccc(OC)cc1O. The van der Waals surface area contributed by atoms with Gasteiger partial charge in [-0.1, -0.05) is 11.6 Å². The Kier molecular flexibility index (Phi) is 8.22. The van der Waals surface area contributed by atoms with Gasteiger partial charge in [-0.15, -0.1) is 0 Å². The summed E-state index contributed by atoms with van der Waals surface area (Å²) in [7, 11) is 5.37. The summed E-state index contributed by atoms with van der Waals surface area (Å²) >= 11 is 5.76. The number of carbonyl (C=O) groups excluding carboxylic acids is 2. The van der Waals surface area contributed by atoms with Gasteiger partial charge in [-0.2, -0.15) is 0 Å². The van der Waals surface area contributed by atoms with E-state index in [2.05, 4.69) is 9.47 Å². The summed E-state index contributed by atoms with van der Waals surface area (Å²) in [4.78, 5) is 22.1. The van der Waals surface area contributed by atoms with Gasteiger partial charge in [0, 0.05) is 12.1 Å². The average Bonchev–Trinajstić information content (AvgIpc) is 2.68. The summed E-state index contributed by atoms with van der Waals surface area (Å²) in [6.45, 7) is 0. The number of halogens is 1. The highest BCUT2D eigenvalue weighted by Crippen LogP contribution is 2.32. The quantitative estimate of drug-likeness (QED) is 0.756. The summed E-state index contributed by atoms with van der Waals surface area (Å²) in [5, 5.41) is 19.0. The number of aromatic hydroxyl groups is 2. The van der Waals surface area contributed by atoms with Crippen molar-refractivity contribution < 1.29 is 38.7 Å². The highest BCUT2D eigenvalue weighted by molar-refractivity contribution is 6.32. The molecular formula is C18H19ClO8. The second kappa shape index (κ2) is 10.1. The minimum atomic E-state index is -0.646. The number of phenols is 2. The molecule has 0 bridgehead atoms. The molecule has 0 unspecified atom stereocenters. The number of rotatable bonds is 4. The van der Waals surface area contributed by atoms with Gasteiger partial charge in [-0.05, 0) is 18.2 Å². The lowest BCUT2D eigenvalue weighted by atomic mass is 10.2.